The quantitative estimate of drug-likeness (QED) is 0.850. The van der Waals surface area contributed by atoms with Crippen molar-refractivity contribution in [2.45, 2.75) is 26.7 Å². The van der Waals surface area contributed by atoms with E-state index in [1.165, 1.54) is 0 Å². The summed E-state index contributed by atoms with van der Waals surface area (Å²) in [5, 5.41) is 2.85. The molecule has 1 aromatic carbocycles. The Morgan fingerprint density at radius 3 is 2.38 bits per heavy atom. The van der Waals surface area contributed by atoms with Crippen LogP contribution in [0, 0.1) is 0 Å². The molecule has 0 atom stereocenters. The van der Waals surface area contributed by atoms with Gasteiger partial charge >= 0.3 is 0 Å². The smallest absolute Gasteiger partial charge is 0.253 e. The van der Waals surface area contributed by atoms with Gasteiger partial charge in [0.25, 0.3) is 5.91 Å². The van der Waals surface area contributed by atoms with E-state index in [0.29, 0.717) is 37.2 Å². The van der Waals surface area contributed by atoms with Crippen molar-refractivity contribution in [2.75, 3.05) is 18.4 Å². The number of aryl methyl sites for hydroxylation is 1. The molecule has 5 nitrogen and oxygen atoms in total. The van der Waals surface area contributed by atoms with E-state index >= 15 is 0 Å². The van der Waals surface area contributed by atoms with Crippen LogP contribution in [0.25, 0.3) is 0 Å². The second kappa shape index (κ2) is 8.82. The van der Waals surface area contributed by atoms with Crippen LogP contribution in [0.5, 0.6) is 0 Å². The third-order valence-electron chi connectivity index (χ3n) is 3.83. The summed E-state index contributed by atoms with van der Waals surface area (Å²) in [5.41, 5.74) is 2.36. The van der Waals surface area contributed by atoms with Crippen LogP contribution in [-0.4, -0.2) is 34.8 Å². The second-order valence-corrected chi connectivity index (χ2v) is 5.46. The zero-order valence-electron chi connectivity index (χ0n) is 14.2. The fraction of sp³-hybridized carbons (Fsp3) is 0.316. The van der Waals surface area contributed by atoms with Gasteiger partial charge < -0.3 is 10.2 Å². The zero-order valence-corrected chi connectivity index (χ0v) is 14.2. The van der Waals surface area contributed by atoms with Crippen molar-refractivity contribution in [3.8, 4) is 0 Å². The van der Waals surface area contributed by atoms with E-state index in [0.717, 1.165) is 5.56 Å². The highest BCUT2D eigenvalue weighted by molar-refractivity contribution is 5.95. The van der Waals surface area contributed by atoms with Gasteiger partial charge in [0.15, 0.2) is 0 Å². The maximum Gasteiger partial charge on any atom is 0.253 e. The van der Waals surface area contributed by atoms with E-state index in [2.05, 4.69) is 10.3 Å². The molecule has 1 heterocycles. The summed E-state index contributed by atoms with van der Waals surface area (Å²) in [6.07, 6.45) is 4.52. The minimum absolute atomic E-state index is 0.00875. The number of rotatable bonds is 7. The van der Waals surface area contributed by atoms with Crippen molar-refractivity contribution in [2.24, 2.45) is 0 Å². The van der Waals surface area contributed by atoms with Gasteiger partial charge in [0, 0.05) is 43.2 Å². The van der Waals surface area contributed by atoms with Gasteiger partial charge in [-0.15, -0.1) is 0 Å². The van der Waals surface area contributed by atoms with Crippen molar-refractivity contribution in [3.63, 3.8) is 0 Å². The Morgan fingerprint density at radius 2 is 1.79 bits per heavy atom. The van der Waals surface area contributed by atoms with Crippen LogP contribution >= 0.6 is 0 Å². The summed E-state index contributed by atoms with van der Waals surface area (Å²) in [4.78, 5) is 30.0. The molecule has 0 bridgehead atoms. The first-order chi connectivity index (χ1) is 11.6. The molecular weight excluding hydrogens is 302 g/mol. The van der Waals surface area contributed by atoms with Crippen LogP contribution < -0.4 is 5.32 Å². The Balaban J connectivity index is 1.89. The normalized spacial score (nSPS) is 10.2. The number of hydrogen-bond acceptors (Lipinski definition) is 3. The molecule has 0 aliphatic rings. The third kappa shape index (κ3) is 4.91. The number of pyridine rings is 1. The average molecular weight is 325 g/mol. The molecule has 0 fully saturated rings. The molecule has 0 spiro atoms. The fourth-order valence-corrected chi connectivity index (χ4v) is 2.42. The minimum atomic E-state index is -0.0540. The van der Waals surface area contributed by atoms with Crippen molar-refractivity contribution in [1.82, 2.24) is 9.88 Å². The fourth-order valence-electron chi connectivity index (χ4n) is 2.42. The lowest BCUT2D eigenvalue weighted by molar-refractivity contribution is -0.116. The predicted octanol–water partition coefficient (Wildman–Crippen LogP) is 3.13. The number of amides is 2. The molecule has 0 unspecified atom stereocenters. The van der Waals surface area contributed by atoms with Gasteiger partial charge in [-0.25, -0.2) is 0 Å². The van der Waals surface area contributed by atoms with Crippen LogP contribution in [0.2, 0.25) is 0 Å². The van der Waals surface area contributed by atoms with Gasteiger partial charge in [0.05, 0.1) is 0 Å². The molecule has 0 radical (unpaired) electrons. The van der Waals surface area contributed by atoms with Gasteiger partial charge in [-0.2, -0.15) is 0 Å². The zero-order chi connectivity index (χ0) is 17.4. The number of carbonyl (C=O) groups excluding carboxylic acids is 2. The summed E-state index contributed by atoms with van der Waals surface area (Å²) < 4.78 is 0. The van der Waals surface area contributed by atoms with Crippen molar-refractivity contribution < 1.29 is 9.59 Å². The van der Waals surface area contributed by atoms with Crippen molar-refractivity contribution in [1.29, 1.82) is 0 Å². The number of nitrogens with zero attached hydrogens (tertiary/aromatic N) is 2. The molecule has 5 heteroatoms. The van der Waals surface area contributed by atoms with E-state index in [-0.39, 0.29) is 11.8 Å². The number of hydrogen-bond donors (Lipinski definition) is 1. The lowest BCUT2D eigenvalue weighted by atomic mass is 10.1. The lowest BCUT2D eigenvalue weighted by Crippen LogP contribution is -2.30. The highest BCUT2D eigenvalue weighted by Gasteiger charge is 2.12. The SMILES string of the molecule is CCN(CC)C(=O)c1ccc(NC(=O)CCc2cccnc2)cc1. The first-order valence-electron chi connectivity index (χ1n) is 8.22. The predicted molar refractivity (Wildman–Crippen MR) is 94.9 cm³/mol. The van der Waals surface area contributed by atoms with Crippen molar-refractivity contribution in [3.05, 3.63) is 59.9 Å². The second-order valence-electron chi connectivity index (χ2n) is 5.46. The van der Waals surface area contributed by atoms with Gasteiger partial charge in [0.1, 0.15) is 0 Å². The van der Waals surface area contributed by atoms with Crippen molar-refractivity contribution >= 4 is 17.5 Å². The summed E-state index contributed by atoms with van der Waals surface area (Å²) in [5.74, 6) is -0.0453. The minimum Gasteiger partial charge on any atom is -0.339 e. The van der Waals surface area contributed by atoms with Crippen LogP contribution in [0.1, 0.15) is 36.2 Å². The van der Waals surface area contributed by atoms with Gasteiger partial charge in [-0.05, 0) is 56.2 Å². The van der Waals surface area contributed by atoms with E-state index in [4.69, 9.17) is 0 Å². The molecule has 0 aliphatic carbocycles. The summed E-state index contributed by atoms with van der Waals surface area (Å²) >= 11 is 0. The third-order valence-corrected chi connectivity index (χ3v) is 3.83. The maximum absolute atomic E-state index is 12.2. The summed E-state index contributed by atoms with van der Waals surface area (Å²) in [6, 6.07) is 10.8. The largest absolute Gasteiger partial charge is 0.339 e. The molecule has 2 amide bonds. The molecule has 1 N–H and O–H groups in total. The average Bonchev–Trinajstić information content (AvgIpc) is 2.62. The van der Waals surface area contributed by atoms with Crippen LogP contribution in [0.3, 0.4) is 0 Å². The van der Waals surface area contributed by atoms with E-state index in [1.807, 2.05) is 26.0 Å². The first-order valence-corrected chi connectivity index (χ1v) is 8.22. The Bertz CT molecular complexity index is 665. The monoisotopic (exact) mass is 325 g/mol. The highest BCUT2D eigenvalue weighted by atomic mass is 16.2. The van der Waals surface area contributed by atoms with E-state index < -0.39 is 0 Å². The molecule has 1 aromatic heterocycles. The maximum atomic E-state index is 12.2. The summed E-state index contributed by atoms with van der Waals surface area (Å²) in [7, 11) is 0. The number of carbonyl (C=O) groups is 2. The van der Waals surface area contributed by atoms with Gasteiger partial charge in [0.2, 0.25) is 5.91 Å². The number of anilines is 1. The molecule has 126 valence electrons. The van der Waals surface area contributed by atoms with Crippen LogP contribution in [-0.2, 0) is 11.2 Å². The molecule has 24 heavy (non-hydrogen) atoms. The highest BCUT2D eigenvalue weighted by Crippen LogP contribution is 2.12. The lowest BCUT2D eigenvalue weighted by Gasteiger charge is -2.18. The summed E-state index contributed by atoms with van der Waals surface area (Å²) in [6.45, 7) is 5.28. The topological polar surface area (TPSA) is 62.3 Å². The Hall–Kier alpha value is -2.69. The van der Waals surface area contributed by atoms with E-state index in [1.54, 1.807) is 41.6 Å². The Kier molecular flexibility index (Phi) is 6.49. The number of nitrogens with one attached hydrogen (secondary N) is 1. The van der Waals surface area contributed by atoms with Gasteiger partial charge in [-0.3, -0.25) is 14.6 Å². The first kappa shape index (κ1) is 17.7. The molecule has 2 rings (SSSR count). The Morgan fingerprint density at radius 1 is 1.08 bits per heavy atom. The molecule has 0 saturated heterocycles. The molecular formula is C19H23N3O2. The number of aromatic nitrogens is 1. The molecule has 0 aliphatic heterocycles. The van der Waals surface area contributed by atoms with Crippen LogP contribution in [0.4, 0.5) is 5.69 Å². The Labute approximate surface area is 142 Å². The molecule has 2 aromatic rings. The van der Waals surface area contributed by atoms with Gasteiger partial charge in [-0.1, -0.05) is 6.07 Å². The van der Waals surface area contributed by atoms with E-state index in [9.17, 15) is 9.59 Å². The number of benzene rings is 1. The standard InChI is InChI=1S/C19H23N3O2/c1-3-22(4-2)19(24)16-8-10-17(11-9-16)21-18(23)12-7-15-6-5-13-20-14-15/h5-6,8-11,13-14H,3-4,7,12H2,1-2H3,(H,21,23). The van der Waals surface area contributed by atoms with Crippen LogP contribution in [0.15, 0.2) is 48.8 Å². The molecule has 0 saturated carbocycles.